The summed E-state index contributed by atoms with van der Waals surface area (Å²) in [6.45, 7) is 4.94. The van der Waals surface area contributed by atoms with E-state index in [1.54, 1.807) is 0 Å². The second kappa shape index (κ2) is 6.46. The van der Waals surface area contributed by atoms with Crippen LogP contribution in [0.25, 0.3) is 10.9 Å². The Bertz CT molecular complexity index is 746. The van der Waals surface area contributed by atoms with E-state index in [1.807, 2.05) is 0 Å². The Morgan fingerprint density at radius 2 is 1.95 bits per heavy atom. The summed E-state index contributed by atoms with van der Waals surface area (Å²) in [6, 6.07) is 17.2. The molecule has 0 fully saturated rings. The molecule has 21 heavy (non-hydrogen) atoms. The fourth-order valence-electron chi connectivity index (χ4n) is 2.71. The van der Waals surface area contributed by atoms with Gasteiger partial charge in [-0.2, -0.15) is 0 Å². The lowest BCUT2D eigenvalue weighted by atomic mass is 10.1. The summed E-state index contributed by atoms with van der Waals surface area (Å²) < 4.78 is 3.47. The first kappa shape index (κ1) is 14.4. The summed E-state index contributed by atoms with van der Waals surface area (Å²) in [5, 5.41) is 4.73. The molecule has 1 heterocycles. The Morgan fingerprint density at radius 3 is 2.76 bits per heavy atom. The van der Waals surface area contributed by atoms with E-state index in [9.17, 15) is 0 Å². The predicted molar refractivity (Wildman–Crippen MR) is 92.6 cm³/mol. The van der Waals surface area contributed by atoms with Crippen molar-refractivity contribution in [3.8, 4) is 0 Å². The van der Waals surface area contributed by atoms with Gasteiger partial charge in [0.2, 0.25) is 0 Å². The molecule has 108 valence electrons. The van der Waals surface area contributed by atoms with E-state index in [4.69, 9.17) is 0 Å². The molecule has 0 aliphatic rings. The Hall–Kier alpha value is -1.58. The minimum absolute atomic E-state index is 0.895. The van der Waals surface area contributed by atoms with E-state index < -0.39 is 0 Å². The molecular weight excluding hydrogens is 324 g/mol. The highest BCUT2D eigenvalue weighted by molar-refractivity contribution is 9.10. The van der Waals surface area contributed by atoms with Gasteiger partial charge < -0.3 is 9.88 Å². The molecule has 0 unspecified atom stereocenters. The van der Waals surface area contributed by atoms with Crippen molar-refractivity contribution in [3.05, 3.63) is 70.3 Å². The predicted octanol–water partition coefficient (Wildman–Crippen LogP) is 4.56. The van der Waals surface area contributed by atoms with E-state index in [0.29, 0.717) is 0 Å². The number of benzene rings is 2. The summed E-state index contributed by atoms with van der Waals surface area (Å²) in [5.74, 6) is 0. The highest BCUT2D eigenvalue weighted by Crippen LogP contribution is 2.22. The molecule has 2 nitrogen and oxygen atoms in total. The van der Waals surface area contributed by atoms with Gasteiger partial charge in [-0.3, -0.25) is 0 Å². The first-order valence-electron chi connectivity index (χ1n) is 7.30. The Morgan fingerprint density at radius 1 is 1.10 bits per heavy atom. The van der Waals surface area contributed by atoms with Crippen LogP contribution in [0, 0.1) is 0 Å². The maximum atomic E-state index is 3.55. The summed E-state index contributed by atoms with van der Waals surface area (Å²) in [5.41, 5.74) is 3.99. The summed E-state index contributed by atoms with van der Waals surface area (Å²) in [7, 11) is 0. The van der Waals surface area contributed by atoms with Gasteiger partial charge in [0.05, 0.1) is 5.52 Å². The SMILES string of the molecule is CCNCc1cccc2ccn(Cc3cccc(Br)c3)c12. The molecule has 3 rings (SSSR count). The van der Waals surface area contributed by atoms with Crippen molar-refractivity contribution in [2.45, 2.75) is 20.0 Å². The molecule has 3 aromatic rings. The largest absolute Gasteiger partial charge is 0.343 e. The third-order valence-corrected chi connectivity index (χ3v) is 4.17. The lowest BCUT2D eigenvalue weighted by Crippen LogP contribution is -2.13. The molecule has 0 radical (unpaired) electrons. The second-order valence-corrected chi connectivity index (χ2v) is 6.12. The zero-order chi connectivity index (χ0) is 14.7. The summed E-state index contributed by atoms with van der Waals surface area (Å²) in [4.78, 5) is 0. The minimum Gasteiger partial charge on any atom is -0.343 e. The molecule has 1 N–H and O–H groups in total. The molecule has 0 amide bonds. The van der Waals surface area contributed by atoms with Gasteiger partial charge in [0, 0.05) is 23.8 Å². The van der Waals surface area contributed by atoms with E-state index in [2.05, 4.69) is 87.5 Å². The van der Waals surface area contributed by atoms with Crippen molar-refractivity contribution in [1.29, 1.82) is 0 Å². The van der Waals surface area contributed by atoms with Crippen LogP contribution in [0.3, 0.4) is 0 Å². The number of para-hydroxylation sites is 1. The molecule has 0 aliphatic carbocycles. The molecule has 1 aromatic heterocycles. The van der Waals surface area contributed by atoms with Gasteiger partial charge in [0.1, 0.15) is 0 Å². The van der Waals surface area contributed by atoms with E-state index in [0.717, 1.165) is 24.1 Å². The van der Waals surface area contributed by atoms with Crippen LogP contribution in [0.15, 0.2) is 59.2 Å². The molecule has 2 aromatic carbocycles. The maximum absolute atomic E-state index is 3.55. The number of aromatic nitrogens is 1. The van der Waals surface area contributed by atoms with Gasteiger partial charge in [0.15, 0.2) is 0 Å². The van der Waals surface area contributed by atoms with Gasteiger partial charge in [-0.1, -0.05) is 53.2 Å². The van der Waals surface area contributed by atoms with Crippen molar-refractivity contribution < 1.29 is 0 Å². The van der Waals surface area contributed by atoms with Gasteiger partial charge in [0.25, 0.3) is 0 Å². The molecule has 0 saturated heterocycles. The van der Waals surface area contributed by atoms with Crippen molar-refractivity contribution in [2.75, 3.05) is 6.54 Å². The van der Waals surface area contributed by atoms with Crippen LogP contribution in [0.1, 0.15) is 18.1 Å². The third-order valence-electron chi connectivity index (χ3n) is 3.68. The standard InChI is InChI=1S/C18H19BrN2/c1-2-20-12-16-7-4-6-15-9-10-21(18(15)16)13-14-5-3-8-17(19)11-14/h3-11,20H,2,12-13H2,1H3. The summed E-state index contributed by atoms with van der Waals surface area (Å²) in [6.07, 6.45) is 2.18. The average Bonchev–Trinajstić information content (AvgIpc) is 2.89. The van der Waals surface area contributed by atoms with Gasteiger partial charge in [-0.15, -0.1) is 0 Å². The van der Waals surface area contributed by atoms with Crippen molar-refractivity contribution in [1.82, 2.24) is 9.88 Å². The van der Waals surface area contributed by atoms with Crippen molar-refractivity contribution in [2.24, 2.45) is 0 Å². The van der Waals surface area contributed by atoms with Crippen molar-refractivity contribution >= 4 is 26.8 Å². The lowest BCUT2D eigenvalue weighted by Gasteiger charge is -2.11. The Labute approximate surface area is 133 Å². The van der Waals surface area contributed by atoms with Crippen molar-refractivity contribution in [3.63, 3.8) is 0 Å². The number of nitrogens with one attached hydrogen (secondary N) is 1. The molecule has 0 atom stereocenters. The Balaban J connectivity index is 1.98. The maximum Gasteiger partial charge on any atom is 0.0529 e. The molecule has 0 saturated carbocycles. The normalized spacial score (nSPS) is 11.1. The van der Waals surface area contributed by atoms with E-state index in [1.165, 1.54) is 22.0 Å². The molecular formula is C18H19BrN2. The highest BCUT2D eigenvalue weighted by atomic mass is 79.9. The number of hydrogen-bond donors (Lipinski definition) is 1. The quantitative estimate of drug-likeness (QED) is 0.719. The Kier molecular flexibility index (Phi) is 4.42. The molecule has 0 aliphatic heterocycles. The fraction of sp³-hybridized carbons (Fsp3) is 0.222. The minimum atomic E-state index is 0.895. The summed E-state index contributed by atoms with van der Waals surface area (Å²) >= 11 is 3.55. The van der Waals surface area contributed by atoms with Crippen LogP contribution in [0.2, 0.25) is 0 Å². The zero-order valence-corrected chi connectivity index (χ0v) is 13.7. The molecule has 0 spiro atoms. The molecule has 0 bridgehead atoms. The second-order valence-electron chi connectivity index (χ2n) is 5.21. The number of halogens is 1. The topological polar surface area (TPSA) is 17.0 Å². The van der Waals surface area contributed by atoms with E-state index in [-0.39, 0.29) is 0 Å². The third kappa shape index (κ3) is 3.20. The van der Waals surface area contributed by atoms with Gasteiger partial charge >= 0.3 is 0 Å². The van der Waals surface area contributed by atoms with E-state index >= 15 is 0 Å². The van der Waals surface area contributed by atoms with Crippen LogP contribution < -0.4 is 5.32 Å². The zero-order valence-electron chi connectivity index (χ0n) is 12.1. The first-order valence-corrected chi connectivity index (χ1v) is 8.09. The van der Waals surface area contributed by atoms with Crippen LogP contribution in [-0.2, 0) is 13.1 Å². The smallest absolute Gasteiger partial charge is 0.0529 e. The average molecular weight is 343 g/mol. The van der Waals surface area contributed by atoms with Crippen LogP contribution in [0.5, 0.6) is 0 Å². The number of nitrogens with zero attached hydrogens (tertiary/aromatic N) is 1. The van der Waals surface area contributed by atoms with Crippen LogP contribution in [0.4, 0.5) is 0 Å². The molecule has 3 heteroatoms. The number of hydrogen-bond acceptors (Lipinski definition) is 1. The van der Waals surface area contributed by atoms with Crippen LogP contribution >= 0.6 is 15.9 Å². The lowest BCUT2D eigenvalue weighted by molar-refractivity contribution is 0.724. The van der Waals surface area contributed by atoms with Crippen LogP contribution in [-0.4, -0.2) is 11.1 Å². The first-order chi connectivity index (χ1) is 10.3. The van der Waals surface area contributed by atoms with Gasteiger partial charge in [-0.25, -0.2) is 0 Å². The fourth-order valence-corrected chi connectivity index (χ4v) is 3.15. The monoisotopic (exact) mass is 342 g/mol. The highest BCUT2D eigenvalue weighted by Gasteiger charge is 2.07. The van der Waals surface area contributed by atoms with Gasteiger partial charge in [-0.05, 0) is 41.3 Å². The number of rotatable bonds is 5. The number of fused-ring (bicyclic) bond motifs is 1.